The van der Waals surface area contributed by atoms with Crippen LogP contribution in [0.15, 0.2) is 36.4 Å². The number of amides is 1. The molecule has 2 aromatic carbocycles. The van der Waals surface area contributed by atoms with Crippen LogP contribution in [-0.4, -0.2) is 24.3 Å². The first-order valence-electron chi connectivity index (χ1n) is 7.00. The fraction of sp³-hybridized carbons (Fsp3) is 0.118. The largest absolute Gasteiger partial charge is 0.454 e. The second kappa shape index (κ2) is 7.85. The third-order valence-electron chi connectivity index (χ3n) is 3.09. The predicted molar refractivity (Wildman–Crippen MR) is 86.7 cm³/mol. The van der Waals surface area contributed by atoms with Gasteiger partial charge in [-0.05, 0) is 36.4 Å². The van der Waals surface area contributed by atoms with Crippen molar-refractivity contribution in [1.29, 1.82) is 0 Å². The molecule has 0 fully saturated rings. The molecule has 25 heavy (non-hydrogen) atoms. The SMILES string of the molecule is CC(=O)Nc1ccc(C(=O)COC(=O)c2cc(F)c(F)cc2Cl)cc1. The lowest BCUT2D eigenvalue weighted by atomic mass is 10.1. The highest BCUT2D eigenvalue weighted by atomic mass is 35.5. The van der Waals surface area contributed by atoms with Crippen molar-refractivity contribution in [3.05, 3.63) is 64.2 Å². The molecule has 0 aromatic heterocycles. The Labute approximate surface area is 146 Å². The van der Waals surface area contributed by atoms with Crippen molar-refractivity contribution >= 4 is 34.9 Å². The summed E-state index contributed by atoms with van der Waals surface area (Å²) in [5.41, 5.74) is 0.377. The third kappa shape index (κ3) is 4.84. The fourth-order valence-corrected chi connectivity index (χ4v) is 2.14. The zero-order valence-electron chi connectivity index (χ0n) is 12.9. The molecule has 2 rings (SSSR count). The summed E-state index contributed by atoms with van der Waals surface area (Å²) in [5, 5.41) is 2.22. The average Bonchev–Trinajstić information content (AvgIpc) is 2.55. The smallest absolute Gasteiger partial charge is 0.340 e. The zero-order valence-corrected chi connectivity index (χ0v) is 13.7. The molecule has 0 heterocycles. The minimum atomic E-state index is -1.25. The first kappa shape index (κ1) is 18.5. The molecule has 5 nitrogen and oxygen atoms in total. The topological polar surface area (TPSA) is 72.5 Å². The molecule has 0 aliphatic carbocycles. The van der Waals surface area contributed by atoms with Crippen molar-refractivity contribution in [2.75, 3.05) is 11.9 Å². The summed E-state index contributed by atoms with van der Waals surface area (Å²) in [7, 11) is 0. The minimum absolute atomic E-state index is 0.248. The molecule has 0 saturated heterocycles. The standard InChI is InChI=1S/C17H12ClF2NO4/c1-9(22)21-11-4-2-10(3-5-11)16(23)8-25-17(24)12-6-14(19)15(20)7-13(12)18/h2-7H,8H2,1H3,(H,21,22). The van der Waals surface area contributed by atoms with Crippen LogP contribution in [-0.2, 0) is 9.53 Å². The number of carbonyl (C=O) groups is 3. The molecule has 0 unspecified atom stereocenters. The van der Waals surface area contributed by atoms with Crippen LogP contribution in [0.25, 0.3) is 0 Å². The van der Waals surface area contributed by atoms with E-state index in [4.69, 9.17) is 16.3 Å². The number of anilines is 1. The number of ether oxygens (including phenoxy) is 1. The third-order valence-corrected chi connectivity index (χ3v) is 3.40. The maximum absolute atomic E-state index is 13.2. The lowest BCUT2D eigenvalue weighted by Crippen LogP contribution is -2.15. The van der Waals surface area contributed by atoms with E-state index in [2.05, 4.69) is 5.32 Å². The summed E-state index contributed by atoms with van der Waals surface area (Å²) in [6.45, 7) is 0.746. The fourth-order valence-electron chi connectivity index (χ4n) is 1.91. The number of halogens is 3. The number of ketones is 1. The quantitative estimate of drug-likeness (QED) is 0.497. The molecule has 0 aliphatic rings. The lowest BCUT2D eigenvalue weighted by molar-refractivity contribution is -0.114. The molecule has 0 bridgehead atoms. The highest BCUT2D eigenvalue weighted by Gasteiger charge is 2.18. The number of rotatable bonds is 5. The molecule has 1 amide bonds. The maximum Gasteiger partial charge on any atom is 0.340 e. The van der Waals surface area contributed by atoms with E-state index in [1.165, 1.54) is 31.2 Å². The van der Waals surface area contributed by atoms with Crippen molar-refractivity contribution < 1.29 is 27.9 Å². The molecule has 0 atom stereocenters. The lowest BCUT2D eigenvalue weighted by Gasteiger charge is -2.07. The normalized spacial score (nSPS) is 10.2. The Morgan fingerprint density at radius 2 is 1.68 bits per heavy atom. The molecule has 2 aromatic rings. The minimum Gasteiger partial charge on any atom is -0.454 e. The molecule has 0 saturated carbocycles. The van der Waals surface area contributed by atoms with Crippen LogP contribution in [0.1, 0.15) is 27.6 Å². The molecule has 8 heteroatoms. The molecular weight excluding hydrogens is 356 g/mol. The summed E-state index contributed by atoms with van der Waals surface area (Å²) in [6, 6.07) is 7.19. The van der Waals surface area contributed by atoms with Gasteiger partial charge in [0.25, 0.3) is 0 Å². The summed E-state index contributed by atoms with van der Waals surface area (Å²) >= 11 is 5.66. The van der Waals surface area contributed by atoms with E-state index in [1.54, 1.807) is 0 Å². The van der Waals surface area contributed by atoms with Crippen molar-refractivity contribution in [1.82, 2.24) is 0 Å². The summed E-state index contributed by atoms with van der Waals surface area (Å²) in [4.78, 5) is 34.8. The van der Waals surface area contributed by atoms with Gasteiger partial charge in [-0.2, -0.15) is 0 Å². The molecule has 1 N–H and O–H groups in total. The van der Waals surface area contributed by atoms with Gasteiger partial charge in [0, 0.05) is 18.2 Å². The van der Waals surface area contributed by atoms with Crippen molar-refractivity contribution in [2.24, 2.45) is 0 Å². The first-order valence-corrected chi connectivity index (χ1v) is 7.38. The number of carbonyl (C=O) groups excluding carboxylic acids is 3. The van der Waals surface area contributed by atoms with E-state index in [1.807, 2.05) is 0 Å². The van der Waals surface area contributed by atoms with Crippen LogP contribution in [0.2, 0.25) is 5.02 Å². The average molecular weight is 368 g/mol. The van der Waals surface area contributed by atoms with Gasteiger partial charge in [-0.3, -0.25) is 9.59 Å². The number of nitrogens with one attached hydrogen (secondary N) is 1. The van der Waals surface area contributed by atoms with Gasteiger partial charge in [0.15, 0.2) is 24.0 Å². The van der Waals surface area contributed by atoms with Gasteiger partial charge in [-0.25, -0.2) is 13.6 Å². The van der Waals surface area contributed by atoms with Crippen LogP contribution in [0, 0.1) is 11.6 Å². The van der Waals surface area contributed by atoms with Crippen molar-refractivity contribution in [2.45, 2.75) is 6.92 Å². The summed E-state index contributed by atoms with van der Waals surface area (Å²) in [6.07, 6.45) is 0. The predicted octanol–water partition coefficient (Wildman–Crippen LogP) is 3.62. The van der Waals surface area contributed by atoms with E-state index in [0.717, 1.165) is 0 Å². The highest BCUT2D eigenvalue weighted by Crippen LogP contribution is 2.21. The second-order valence-corrected chi connectivity index (χ2v) is 5.41. The van der Waals surface area contributed by atoms with Crippen LogP contribution in [0.5, 0.6) is 0 Å². The second-order valence-electron chi connectivity index (χ2n) is 5.00. The molecule has 0 spiro atoms. The van der Waals surface area contributed by atoms with Crippen LogP contribution in [0.3, 0.4) is 0 Å². The Kier molecular flexibility index (Phi) is 5.82. The van der Waals surface area contributed by atoms with Gasteiger partial charge in [0.1, 0.15) is 0 Å². The van der Waals surface area contributed by atoms with E-state index in [0.29, 0.717) is 17.8 Å². The Morgan fingerprint density at radius 3 is 2.28 bits per heavy atom. The van der Waals surface area contributed by atoms with Crippen LogP contribution in [0.4, 0.5) is 14.5 Å². The van der Waals surface area contributed by atoms with Crippen LogP contribution >= 0.6 is 11.6 Å². The zero-order chi connectivity index (χ0) is 18.6. The van der Waals surface area contributed by atoms with Crippen molar-refractivity contribution in [3.63, 3.8) is 0 Å². The van der Waals surface area contributed by atoms with Gasteiger partial charge in [-0.15, -0.1) is 0 Å². The number of hydrogen-bond acceptors (Lipinski definition) is 4. The molecule has 0 aliphatic heterocycles. The van der Waals surface area contributed by atoms with Crippen molar-refractivity contribution in [3.8, 4) is 0 Å². The van der Waals surface area contributed by atoms with Gasteiger partial charge in [-0.1, -0.05) is 11.6 Å². The molecule has 0 radical (unpaired) electrons. The van der Waals surface area contributed by atoms with E-state index in [-0.39, 0.29) is 22.1 Å². The number of benzene rings is 2. The van der Waals surface area contributed by atoms with Gasteiger partial charge in [0.2, 0.25) is 5.91 Å². The highest BCUT2D eigenvalue weighted by molar-refractivity contribution is 6.33. The Morgan fingerprint density at radius 1 is 1.08 bits per heavy atom. The monoisotopic (exact) mass is 367 g/mol. The number of hydrogen-bond donors (Lipinski definition) is 1. The Balaban J connectivity index is 2.01. The molecule has 130 valence electrons. The number of Topliss-reactive ketones (excluding diaryl/α,β-unsaturated/α-hetero) is 1. The van der Waals surface area contributed by atoms with Gasteiger partial charge >= 0.3 is 5.97 Å². The van der Waals surface area contributed by atoms with E-state index >= 15 is 0 Å². The Bertz CT molecular complexity index is 837. The van der Waals surface area contributed by atoms with Gasteiger partial charge in [0.05, 0.1) is 10.6 Å². The molecular formula is C17H12ClF2NO4. The summed E-state index contributed by atoms with van der Waals surface area (Å²) < 4.78 is 30.9. The van der Waals surface area contributed by atoms with E-state index < -0.39 is 30.0 Å². The maximum atomic E-state index is 13.2. The Hall–Kier alpha value is -2.80. The first-order chi connectivity index (χ1) is 11.8. The van der Waals surface area contributed by atoms with Gasteiger partial charge < -0.3 is 10.1 Å². The summed E-state index contributed by atoms with van der Waals surface area (Å²) in [5.74, 6) is -4.27. The number of esters is 1. The van der Waals surface area contributed by atoms with Crippen LogP contribution < -0.4 is 5.32 Å². The van der Waals surface area contributed by atoms with E-state index in [9.17, 15) is 23.2 Å².